The fraction of sp³-hybridized carbons (Fsp3) is 0.417. The van der Waals surface area contributed by atoms with E-state index in [2.05, 4.69) is 0 Å². The van der Waals surface area contributed by atoms with Gasteiger partial charge in [0.1, 0.15) is 5.82 Å². The molecule has 1 aromatic rings. The Hall–Kier alpha value is -0.480. The first-order valence-electron chi connectivity index (χ1n) is 5.22. The molecule has 1 unspecified atom stereocenters. The molecule has 1 nitrogen and oxygen atoms in total. The number of carbonyl (C=O) groups is 1. The lowest BCUT2D eigenvalue weighted by Gasteiger charge is -2.19. The molecule has 1 aliphatic rings. The Labute approximate surface area is 103 Å². The first kappa shape index (κ1) is 12.0. The molecule has 4 heteroatoms. The Bertz CT molecular complexity index is 375. The average molecular weight is 256 g/mol. The Balaban J connectivity index is 1.96. The second-order valence-electron chi connectivity index (χ2n) is 3.71. The van der Waals surface area contributed by atoms with Crippen molar-refractivity contribution in [1.82, 2.24) is 0 Å². The van der Waals surface area contributed by atoms with Crippen LogP contribution in [0.4, 0.5) is 4.39 Å². The molecular formula is C12H13FOS2. The van der Waals surface area contributed by atoms with Crippen molar-refractivity contribution in [3.05, 3.63) is 35.6 Å². The van der Waals surface area contributed by atoms with E-state index in [4.69, 9.17) is 0 Å². The van der Waals surface area contributed by atoms with Gasteiger partial charge in [-0.1, -0.05) is 12.1 Å². The Kier molecular flexibility index (Phi) is 4.29. The molecule has 1 atom stereocenters. The van der Waals surface area contributed by atoms with Crippen molar-refractivity contribution in [2.24, 2.45) is 0 Å². The van der Waals surface area contributed by atoms with Gasteiger partial charge in [-0.05, 0) is 17.7 Å². The van der Waals surface area contributed by atoms with Gasteiger partial charge in [-0.15, -0.1) is 11.8 Å². The summed E-state index contributed by atoms with van der Waals surface area (Å²) in [6, 6.07) is 6.31. The van der Waals surface area contributed by atoms with Crippen molar-refractivity contribution >= 4 is 29.3 Å². The first-order chi connectivity index (χ1) is 7.75. The zero-order chi connectivity index (χ0) is 11.4. The van der Waals surface area contributed by atoms with Crippen LogP contribution in [0.25, 0.3) is 0 Å². The molecule has 16 heavy (non-hydrogen) atoms. The number of Topliss-reactive ketones (excluding diaryl/α,β-unsaturated/α-hetero) is 1. The summed E-state index contributed by atoms with van der Waals surface area (Å²) in [5.41, 5.74) is 0.779. The first-order valence-corrected chi connectivity index (χ1v) is 7.42. The second-order valence-corrected chi connectivity index (χ2v) is 6.17. The lowest BCUT2D eigenvalue weighted by molar-refractivity contribution is -0.117. The molecular weight excluding hydrogens is 243 g/mol. The summed E-state index contributed by atoms with van der Waals surface area (Å²) in [5, 5.41) is 0.0991. The van der Waals surface area contributed by atoms with Gasteiger partial charge in [-0.2, -0.15) is 11.8 Å². The zero-order valence-corrected chi connectivity index (χ0v) is 10.5. The molecule has 1 aliphatic heterocycles. The zero-order valence-electron chi connectivity index (χ0n) is 8.82. The minimum atomic E-state index is -0.268. The molecule has 0 aromatic heterocycles. The fourth-order valence-electron chi connectivity index (χ4n) is 1.64. The third kappa shape index (κ3) is 3.25. The molecule has 0 N–H and O–H groups in total. The summed E-state index contributed by atoms with van der Waals surface area (Å²) in [5.74, 6) is 3.04. The number of hydrogen-bond donors (Lipinski definition) is 0. The number of halogens is 1. The van der Waals surface area contributed by atoms with E-state index >= 15 is 0 Å². The maximum atomic E-state index is 12.9. The lowest BCUT2D eigenvalue weighted by atomic mass is 10.1. The van der Waals surface area contributed by atoms with Crippen molar-refractivity contribution < 1.29 is 9.18 Å². The second kappa shape index (κ2) is 5.73. The number of carbonyl (C=O) groups excluding carboxylic acids is 1. The molecule has 0 bridgehead atoms. The standard InChI is InChI=1S/C12H13FOS2/c13-10-3-1-2-9(6-10)7-11(14)12-8-15-4-5-16-12/h1-3,6,12H,4-5,7-8H2. The highest BCUT2D eigenvalue weighted by molar-refractivity contribution is 8.07. The number of benzene rings is 1. The van der Waals surface area contributed by atoms with Gasteiger partial charge < -0.3 is 0 Å². The van der Waals surface area contributed by atoms with Crippen molar-refractivity contribution in [1.29, 1.82) is 0 Å². The molecule has 1 heterocycles. The number of hydrogen-bond acceptors (Lipinski definition) is 3. The van der Waals surface area contributed by atoms with Crippen LogP contribution in [0.3, 0.4) is 0 Å². The predicted molar refractivity (Wildman–Crippen MR) is 68.7 cm³/mol. The number of ketones is 1. The van der Waals surface area contributed by atoms with Crippen LogP contribution in [-0.2, 0) is 11.2 Å². The minimum Gasteiger partial charge on any atom is -0.298 e. The summed E-state index contributed by atoms with van der Waals surface area (Å²) in [7, 11) is 0. The van der Waals surface area contributed by atoms with Gasteiger partial charge in [-0.3, -0.25) is 4.79 Å². The summed E-state index contributed by atoms with van der Waals surface area (Å²) >= 11 is 3.56. The van der Waals surface area contributed by atoms with Crippen LogP contribution < -0.4 is 0 Å². The highest BCUT2D eigenvalue weighted by Gasteiger charge is 2.21. The third-order valence-corrected chi connectivity index (χ3v) is 5.25. The van der Waals surface area contributed by atoms with E-state index in [0.717, 1.165) is 22.8 Å². The van der Waals surface area contributed by atoms with Crippen molar-refractivity contribution in [3.8, 4) is 0 Å². The van der Waals surface area contributed by atoms with Gasteiger partial charge in [0.25, 0.3) is 0 Å². The Morgan fingerprint density at radius 1 is 1.44 bits per heavy atom. The van der Waals surface area contributed by atoms with Gasteiger partial charge in [-0.25, -0.2) is 4.39 Å². The van der Waals surface area contributed by atoms with Crippen LogP contribution in [0, 0.1) is 5.82 Å². The highest BCUT2D eigenvalue weighted by atomic mass is 32.2. The molecule has 0 saturated carbocycles. The van der Waals surface area contributed by atoms with E-state index in [9.17, 15) is 9.18 Å². The largest absolute Gasteiger partial charge is 0.298 e. The fourth-order valence-corrected chi connectivity index (χ4v) is 4.29. The number of thioether (sulfide) groups is 2. The van der Waals surface area contributed by atoms with Crippen LogP contribution >= 0.6 is 23.5 Å². The van der Waals surface area contributed by atoms with E-state index in [1.165, 1.54) is 12.1 Å². The van der Waals surface area contributed by atoms with Crippen LogP contribution in [-0.4, -0.2) is 28.3 Å². The summed E-state index contributed by atoms with van der Waals surface area (Å²) in [4.78, 5) is 11.9. The Morgan fingerprint density at radius 3 is 3.00 bits per heavy atom. The number of rotatable bonds is 3. The van der Waals surface area contributed by atoms with Crippen LogP contribution in [0.1, 0.15) is 5.56 Å². The van der Waals surface area contributed by atoms with Crippen molar-refractivity contribution in [2.45, 2.75) is 11.7 Å². The maximum Gasteiger partial charge on any atom is 0.151 e. The van der Waals surface area contributed by atoms with E-state index in [0.29, 0.717) is 6.42 Å². The average Bonchev–Trinajstić information content (AvgIpc) is 2.30. The third-order valence-electron chi connectivity index (χ3n) is 2.44. The highest BCUT2D eigenvalue weighted by Crippen LogP contribution is 2.25. The molecule has 0 amide bonds. The molecule has 86 valence electrons. The smallest absolute Gasteiger partial charge is 0.151 e. The quantitative estimate of drug-likeness (QED) is 0.828. The molecule has 1 aromatic carbocycles. The molecule has 2 rings (SSSR count). The monoisotopic (exact) mass is 256 g/mol. The Morgan fingerprint density at radius 2 is 2.31 bits per heavy atom. The molecule has 0 radical (unpaired) electrons. The van der Waals surface area contributed by atoms with Crippen molar-refractivity contribution in [2.75, 3.05) is 17.3 Å². The van der Waals surface area contributed by atoms with Crippen LogP contribution in [0.15, 0.2) is 24.3 Å². The molecule has 0 aliphatic carbocycles. The van der Waals surface area contributed by atoms with E-state index in [1.807, 2.05) is 17.8 Å². The minimum absolute atomic E-state index is 0.0991. The summed E-state index contributed by atoms with van der Waals surface area (Å²) in [6.07, 6.45) is 0.357. The predicted octanol–water partition coefficient (Wildman–Crippen LogP) is 2.79. The summed E-state index contributed by atoms with van der Waals surface area (Å²) < 4.78 is 12.9. The van der Waals surface area contributed by atoms with Gasteiger partial charge in [0, 0.05) is 23.7 Å². The summed E-state index contributed by atoms with van der Waals surface area (Å²) in [6.45, 7) is 0. The van der Waals surface area contributed by atoms with Crippen LogP contribution in [0.2, 0.25) is 0 Å². The van der Waals surface area contributed by atoms with Crippen molar-refractivity contribution in [3.63, 3.8) is 0 Å². The van der Waals surface area contributed by atoms with E-state index < -0.39 is 0 Å². The van der Waals surface area contributed by atoms with Crippen LogP contribution in [0.5, 0.6) is 0 Å². The maximum absolute atomic E-state index is 12.9. The van der Waals surface area contributed by atoms with Gasteiger partial charge in [0.15, 0.2) is 5.78 Å². The van der Waals surface area contributed by atoms with E-state index in [-0.39, 0.29) is 16.9 Å². The molecule has 1 fully saturated rings. The van der Waals surface area contributed by atoms with Gasteiger partial charge >= 0.3 is 0 Å². The topological polar surface area (TPSA) is 17.1 Å². The molecule has 1 saturated heterocycles. The lowest BCUT2D eigenvalue weighted by Crippen LogP contribution is -2.25. The normalized spacial score (nSPS) is 20.7. The van der Waals surface area contributed by atoms with E-state index in [1.54, 1.807) is 17.8 Å². The van der Waals surface area contributed by atoms with Gasteiger partial charge in [0.05, 0.1) is 5.25 Å². The molecule has 0 spiro atoms. The van der Waals surface area contributed by atoms with Gasteiger partial charge in [0.2, 0.25) is 0 Å². The SMILES string of the molecule is O=C(Cc1cccc(F)c1)C1CSCCS1.